The number of benzene rings is 6. The van der Waals surface area contributed by atoms with E-state index in [1.54, 1.807) is 22.3 Å². The number of allylic oxidation sites excluding steroid dienone is 2. The minimum Gasteiger partial charge on any atom is -0.147 e. The van der Waals surface area contributed by atoms with Crippen molar-refractivity contribution in [1.82, 2.24) is 0 Å². The van der Waals surface area contributed by atoms with Crippen LogP contribution >= 0.6 is 24.8 Å². The largest absolute Gasteiger partial charge is 0.147 e. The van der Waals surface area contributed by atoms with E-state index in [0.717, 1.165) is 0 Å². The summed E-state index contributed by atoms with van der Waals surface area (Å²) in [5.41, 5.74) is 14.3. The molecule has 2 aliphatic rings. The van der Waals surface area contributed by atoms with Crippen molar-refractivity contribution in [3.8, 4) is 22.3 Å². The summed E-state index contributed by atoms with van der Waals surface area (Å²) in [6, 6.07) is 45.5. The smallest absolute Gasteiger partial charge is 0.147 e. The average Bonchev–Trinajstić information content (AvgIpc) is 3.56. The van der Waals surface area contributed by atoms with Crippen LogP contribution in [0, 0.1) is 0 Å². The van der Waals surface area contributed by atoms with Crippen LogP contribution in [0.2, 0.25) is 13.1 Å². The number of fused-ring (bicyclic) bond motifs is 4. The van der Waals surface area contributed by atoms with Crippen LogP contribution in [0.1, 0.15) is 43.4 Å². The molecule has 0 aromatic heterocycles. The molecule has 2 atom stereocenters. The summed E-state index contributed by atoms with van der Waals surface area (Å²) in [6.45, 7) is 10.1. The molecule has 46 heavy (non-hydrogen) atoms. The van der Waals surface area contributed by atoms with Crippen molar-refractivity contribution in [3.63, 3.8) is 0 Å². The van der Waals surface area contributed by atoms with Crippen LogP contribution in [-0.4, -0.2) is 5.43 Å². The first-order chi connectivity index (χ1) is 21.5. The van der Waals surface area contributed by atoms with Crippen molar-refractivity contribution < 1.29 is 20.4 Å². The van der Waals surface area contributed by atoms with Gasteiger partial charge < -0.3 is 0 Å². The van der Waals surface area contributed by atoms with Crippen LogP contribution in [0.3, 0.4) is 0 Å². The van der Waals surface area contributed by atoms with Gasteiger partial charge in [-0.25, -0.2) is 0 Å². The molecule has 0 saturated carbocycles. The van der Waals surface area contributed by atoms with Gasteiger partial charge in [-0.2, -0.15) is 0 Å². The zero-order chi connectivity index (χ0) is 29.9. The molecule has 8 rings (SSSR count). The van der Waals surface area contributed by atoms with E-state index in [2.05, 4.69) is 160 Å². The van der Waals surface area contributed by atoms with Crippen LogP contribution in [0.15, 0.2) is 132 Å². The SMILES string of the molecule is CC1=Cc2c(-c3cccc4ccccc34)cccc2[CH]1[Zr]([CH]1C(C)=Cc2c(-c3cccc4ccccc34)cccc21)=[Si](C)C.Cl.Cl. The molecule has 0 N–H and O–H groups in total. The van der Waals surface area contributed by atoms with Gasteiger partial charge in [0.15, 0.2) is 0 Å². The Labute approximate surface area is 293 Å². The molecule has 0 aliphatic heterocycles. The van der Waals surface area contributed by atoms with E-state index in [9.17, 15) is 0 Å². The number of hydrogen-bond donors (Lipinski definition) is 0. The van der Waals surface area contributed by atoms with Crippen LogP contribution in [0.4, 0.5) is 0 Å². The van der Waals surface area contributed by atoms with Gasteiger partial charge in [0.05, 0.1) is 0 Å². The normalized spacial score (nSPS) is 16.2. The summed E-state index contributed by atoms with van der Waals surface area (Å²) in [5.74, 6) is 0. The second kappa shape index (κ2) is 13.2. The predicted octanol–water partition coefficient (Wildman–Crippen LogP) is 12.7. The Morgan fingerprint density at radius 1 is 0.457 bits per heavy atom. The van der Waals surface area contributed by atoms with Gasteiger partial charge in [-0.05, 0) is 0 Å². The molecule has 4 heteroatoms. The van der Waals surface area contributed by atoms with Gasteiger partial charge in [0.1, 0.15) is 0 Å². The standard InChI is InChI=1S/2C20H15.C2H6Si.2ClH.Zr/c2*1-14-12-16-8-5-11-19(20(16)13-14)18-10-4-7-15-6-2-3-9-17(15)18;1-3-2;;;/h2*2-13H,1H3;1-2H3;2*1H;. The molecule has 6 aromatic rings. The summed E-state index contributed by atoms with van der Waals surface area (Å²) < 4.78 is 1.23. The second-order valence-corrected chi connectivity index (χ2v) is 30.6. The third-order valence-electron chi connectivity index (χ3n) is 9.92. The van der Waals surface area contributed by atoms with Crippen molar-refractivity contribution in [2.75, 3.05) is 0 Å². The van der Waals surface area contributed by atoms with Gasteiger partial charge in [0.25, 0.3) is 0 Å². The fourth-order valence-electron chi connectivity index (χ4n) is 8.06. The Hall–Kier alpha value is -3.00. The number of hydrogen-bond acceptors (Lipinski definition) is 0. The molecule has 0 nitrogen and oxygen atoms in total. The molecule has 6 aromatic carbocycles. The van der Waals surface area contributed by atoms with Crippen molar-refractivity contribution >= 4 is 63.9 Å². The Bertz CT molecular complexity index is 2080. The maximum Gasteiger partial charge on any atom is -0.147 e. The fraction of sp³-hybridized carbons (Fsp3) is 0.143. The Morgan fingerprint density at radius 2 is 0.826 bits per heavy atom. The maximum atomic E-state index is 2.62. The molecule has 0 amide bonds. The number of rotatable bonds is 4. The van der Waals surface area contributed by atoms with E-state index in [1.807, 2.05) is 0 Å². The zero-order valence-electron chi connectivity index (χ0n) is 26.7. The van der Waals surface area contributed by atoms with Gasteiger partial charge in [-0.3, -0.25) is 0 Å². The third kappa shape index (κ3) is 5.32. The van der Waals surface area contributed by atoms with E-state index in [-0.39, 0.29) is 24.8 Å². The van der Waals surface area contributed by atoms with Crippen molar-refractivity contribution in [2.45, 2.75) is 34.2 Å². The summed E-state index contributed by atoms with van der Waals surface area (Å²) in [6.07, 6.45) is 5.12. The quantitative estimate of drug-likeness (QED) is 0.158. The first-order valence-electron chi connectivity index (χ1n) is 15.8. The molecule has 0 saturated heterocycles. The monoisotopic (exact) mass is 730 g/mol. The summed E-state index contributed by atoms with van der Waals surface area (Å²) in [4.78, 5) is 0. The minimum atomic E-state index is -2.16. The Morgan fingerprint density at radius 3 is 1.26 bits per heavy atom. The maximum absolute atomic E-state index is 2.62. The Balaban J connectivity index is 0.00000186. The van der Waals surface area contributed by atoms with Crippen molar-refractivity contribution in [2.24, 2.45) is 0 Å². The molecule has 0 spiro atoms. The summed E-state index contributed by atoms with van der Waals surface area (Å²) in [7, 11) is 0. The van der Waals surface area contributed by atoms with Gasteiger partial charge in [-0.15, -0.1) is 24.8 Å². The zero-order valence-corrected chi connectivity index (χ0v) is 31.8. The first kappa shape index (κ1) is 32.9. The van der Waals surface area contributed by atoms with E-state index < -0.39 is 25.8 Å². The first-order valence-corrected chi connectivity index (χ1v) is 24.8. The summed E-state index contributed by atoms with van der Waals surface area (Å²) in [5, 5.41) is 5.31. The molecule has 0 fully saturated rings. The van der Waals surface area contributed by atoms with Crippen molar-refractivity contribution in [1.29, 1.82) is 0 Å². The van der Waals surface area contributed by atoms with Crippen LogP contribution in [0.25, 0.3) is 56.0 Å². The molecular formula is C42H38Cl2SiZr. The van der Waals surface area contributed by atoms with E-state index in [4.69, 9.17) is 0 Å². The van der Waals surface area contributed by atoms with Crippen molar-refractivity contribution in [3.05, 3.63) is 155 Å². The van der Waals surface area contributed by atoms with E-state index >= 15 is 0 Å². The molecule has 0 bridgehead atoms. The molecular weight excluding hydrogens is 695 g/mol. The predicted molar refractivity (Wildman–Crippen MR) is 204 cm³/mol. The second-order valence-electron chi connectivity index (χ2n) is 12.8. The Kier molecular flexibility index (Phi) is 9.48. The molecule has 0 radical (unpaired) electrons. The molecule has 2 aliphatic carbocycles. The minimum absolute atomic E-state index is 0. The van der Waals surface area contributed by atoms with E-state index in [1.165, 1.54) is 54.9 Å². The van der Waals surface area contributed by atoms with Crippen LogP contribution < -0.4 is 0 Å². The third-order valence-corrected chi connectivity index (χ3v) is 29.8. The van der Waals surface area contributed by atoms with Crippen LogP contribution in [0.5, 0.6) is 0 Å². The van der Waals surface area contributed by atoms with Crippen LogP contribution in [-0.2, 0) is 20.4 Å². The molecule has 0 heterocycles. The fourth-order valence-corrected chi connectivity index (χ4v) is 28.8. The topological polar surface area (TPSA) is 0 Å². The van der Waals surface area contributed by atoms with Gasteiger partial charge in [-0.1, -0.05) is 0 Å². The van der Waals surface area contributed by atoms with Gasteiger partial charge >= 0.3 is 271 Å². The van der Waals surface area contributed by atoms with E-state index in [0.29, 0.717) is 7.25 Å². The molecule has 2 unspecified atom stereocenters. The summed E-state index contributed by atoms with van der Waals surface area (Å²) >= 11 is -2.16. The molecule has 228 valence electrons. The average molecular weight is 733 g/mol. The van der Waals surface area contributed by atoms with Gasteiger partial charge in [0, 0.05) is 0 Å². The number of halogens is 2. The van der Waals surface area contributed by atoms with Gasteiger partial charge in [0.2, 0.25) is 0 Å².